The van der Waals surface area contributed by atoms with Gasteiger partial charge in [0.05, 0.1) is 16.1 Å². The van der Waals surface area contributed by atoms with Crippen molar-refractivity contribution < 1.29 is 19.3 Å². The number of benzene rings is 2. The summed E-state index contributed by atoms with van der Waals surface area (Å²) < 4.78 is 0. The van der Waals surface area contributed by atoms with Crippen molar-refractivity contribution in [2.24, 2.45) is 0 Å². The SMILES string of the molecule is O=C(CN1C(=O)c2ccc([N+](=O)[O-])cc2C1=O)Nc1ccc(N2CCCCCC2)cc1. The second kappa shape index (κ2) is 8.55. The molecule has 1 N–H and O–H groups in total. The van der Waals surface area contributed by atoms with Gasteiger partial charge in [-0.05, 0) is 43.2 Å². The number of rotatable bonds is 5. The highest BCUT2D eigenvalue weighted by Gasteiger charge is 2.37. The summed E-state index contributed by atoms with van der Waals surface area (Å²) in [6.45, 7) is 1.57. The number of nitro benzene ring substituents is 1. The molecule has 4 rings (SSSR count). The second-order valence-electron chi connectivity index (χ2n) is 7.68. The molecule has 0 saturated carbocycles. The molecule has 0 aromatic heterocycles. The summed E-state index contributed by atoms with van der Waals surface area (Å²) >= 11 is 0. The molecule has 0 unspecified atom stereocenters. The minimum Gasteiger partial charge on any atom is -0.372 e. The van der Waals surface area contributed by atoms with Crippen LogP contribution in [-0.2, 0) is 4.79 Å². The molecular weight excluding hydrogens is 400 g/mol. The average molecular weight is 422 g/mol. The molecule has 9 heteroatoms. The minimum absolute atomic E-state index is 0.0604. The van der Waals surface area contributed by atoms with Crippen LogP contribution >= 0.6 is 0 Å². The van der Waals surface area contributed by atoms with Gasteiger partial charge < -0.3 is 10.2 Å². The number of hydrogen-bond acceptors (Lipinski definition) is 6. The van der Waals surface area contributed by atoms with Gasteiger partial charge in [0.1, 0.15) is 6.54 Å². The van der Waals surface area contributed by atoms with Crippen molar-refractivity contribution in [2.75, 3.05) is 29.9 Å². The number of amides is 3. The van der Waals surface area contributed by atoms with Crippen molar-refractivity contribution in [1.29, 1.82) is 0 Å². The van der Waals surface area contributed by atoms with Gasteiger partial charge >= 0.3 is 0 Å². The molecule has 9 nitrogen and oxygen atoms in total. The zero-order chi connectivity index (χ0) is 22.0. The van der Waals surface area contributed by atoms with Gasteiger partial charge in [-0.2, -0.15) is 0 Å². The van der Waals surface area contributed by atoms with E-state index >= 15 is 0 Å². The lowest BCUT2D eigenvalue weighted by atomic mass is 10.1. The zero-order valence-electron chi connectivity index (χ0n) is 16.9. The Kier molecular flexibility index (Phi) is 5.66. The predicted octanol–water partition coefficient (Wildman–Crippen LogP) is 3.21. The van der Waals surface area contributed by atoms with Gasteiger partial charge in [-0.1, -0.05) is 12.8 Å². The number of hydrogen-bond donors (Lipinski definition) is 1. The number of nitrogens with one attached hydrogen (secondary N) is 1. The summed E-state index contributed by atoms with van der Waals surface area (Å²) in [5.41, 5.74) is 1.38. The molecule has 160 valence electrons. The van der Waals surface area contributed by atoms with Crippen LogP contribution in [0.1, 0.15) is 46.4 Å². The number of anilines is 2. The summed E-state index contributed by atoms with van der Waals surface area (Å²) in [6.07, 6.45) is 4.83. The predicted molar refractivity (Wildman–Crippen MR) is 114 cm³/mol. The molecule has 2 aliphatic rings. The summed E-state index contributed by atoms with van der Waals surface area (Å²) in [7, 11) is 0. The maximum Gasteiger partial charge on any atom is 0.270 e. The standard InChI is InChI=1S/C22H22N4O5/c27-20(23-15-5-7-16(8-6-15)24-11-3-1-2-4-12-24)14-25-21(28)18-10-9-17(26(30)31)13-19(18)22(25)29/h5-10,13H,1-4,11-12,14H2,(H,23,27). The Balaban J connectivity index is 1.40. The molecule has 2 aromatic rings. The quantitative estimate of drug-likeness (QED) is 0.450. The Morgan fingerprint density at radius 2 is 1.58 bits per heavy atom. The summed E-state index contributed by atoms with van der Waals surface area (Å²) in [6, 6.07) is 11.0. The first-order chi connectivity index (χ1) is 14.9. The van der Waals surface area contributed by atoms with Crippen LogP contribution in [0, 0.1) is 10.1 Å². The molecule has 0 bridgehead atoms. The highest BCUT2D eigenvalue weighted by atomic mass is 16.6. The average Bonchev–Trinajstić information content (AvgIpc) is 2.96. The lowest BCUT2D eigenvalue weighted by Gasteiger charge is -2.23. The van der Waals surface area contributed by atoms with Crippen LogP contribution in [-0.4, -0.2) is 47.2 Å². The van der Waals surface area contributed by atoms with Gasteiger partial charge in [-0.3, -0.25) is 29.4 Å². The number of nitro groups is 1. The van der Waals surface area contributed by atoms with E-state index in [4.69, 9.17) is 0 Å². The van der Waals surface area contributed by atoms with Crippen LogP contribution in [0.25, 0.3) is 0 Å². The number of carbonyl (C=O) groups excluding carboxylic acids is 3. The lowest BCUT2D eigenvalue weighted by Crippen LogP contribution is -2.37. The molecule has 2 aliphatic heterocycles. The molecule has 1 fully saturated rings. The molecule has 2 heterocycles. The lowest BCUT2D eigenvalue weighted by molar-refractivity contribution is -0.384. The van der Waals surface area contributed by atoms with Gasteiger partial charge in [0, 0.05) is 36.6 Å². The molecule has 0 aliphatic carbocycles. The largest absolute Gasteiger partial charge is 0.372 e. The van der Waals surface area contributed by atoms with Crippen LogP contribution in [0.5, 0.6) is 0 Å². The Morgan fingerprint density at radius 3 is 2.23 bits per heavy atom. The number of fused-ring (bicyclic) bond motifs is 1. The topological polar surface area (TPSA) is 113 Å². The fourth-order valence-electron chi connectivity index (χ4n) is 3.96. The van der Waals surface area contributed by atoms with Gasteiger partial charge in [-0.15, -0.1) is 0 Å². The van der Waals surface area contributed by atoms with E-state index in [1.165, 1.54) is 37.8 Å². The Morgan fingerprint density at radius 1 is 0.935 bits per heavy atom. The van der Waals surface area contributed by atoms with E-state index in [1.807, 2.05) is 12.1 Å². The van der Waals surface area contributed by atoms with E-state index in [9.17, 15) is 24.5 Å². The van der Waals surface area contributed by atoms with Crippen molar-refractivity contribution in [1.82, 2.24) is 4.90 Å². The number of imide groups is 1. The van der Waals surface area contributed by atoms with Gasteiger partial charge in [0.25, 0.3) is 17.5 Å². The monoisotopic (exact) mass is 422 g/mol. The molecular formula is C22H22N4O5. The highest BCUT2D eigenvalue weighted by molar-refractivity contribution is 6.23. The maximum atomic E-state index is 12.5. The highest BCUT2D eigenvalue weighted by Crippen LogP contribution is 2.27. The van der Waals surface area contributed by atoms with Crippen LogP contribution in [0.3, 0.4) is 0 Å². The van der Waals surface area contributed by atoms with E-state index in [0.717, 1.165) is 29.7 Å². The molecule has 0 atom stereocenters. The molecule has 2 aromatic carbocycles. The van der Waals surface area contributed by atoms with E-state index in [2.05, 4.69) is 10.2 Å². The smallest absolute Gasteiger partial charge is 0.270 e. The van der Waals surface area contributed by atoms with Crippen molar-refractivity contribution in [2.45, 2.75) is 25.7 Å². The third-order valence-corrected chi connectivity index (χ3v) is 5.59. The third-order valence-electron chi connectivity index (χ3n) is 5.59. The normalized spacial score (nSPS) is 16.1. The van der Waals surface area contributed by atoms with Gasteiger partial charge in [0.2, 0.25) is 5.91 Å². The van der Waals surface area contributed by atoms with Crippen molar-refractivity contribution in [3.63, 3.8) is 0 Å². The van der Waals surface area contributed by atoms with Crippen LogP contribution < -0.4 is 10.2 Å². The van der Waals surface area contributed by atoms with Gasteiger partial charge in [-0.25, -0.2) is 0 Å². The Bertz CT molecular complexity index is 1040. The van der Waals surface area contributed by atoms with E-state index in [1.54, 1.807) is 12.1 Å². The van der Waals surface area contributed by atoms with Crippen molar-refractivity contribution in [3.8, 4) is 0 Å². The summed E-state index contributed by atoms with van der Waals surface area (Å²) in [4.78, 5) is 50.8. The fourth-order valence-corrected chi connectivity index (χ4v) is 3.96. The van der Waals surface area contributed by atoms with Crippen LogP contribution in [0.15, 0.2) is 42.5 Å². The first-order valence-corrected chi connectivity index (χ1v) is 10.2. The van der Waals surface area contributed by atoms with Gasteiger partial charge in [0.15, 0.2) is 0 Å². The molecule has 1 saturated heterocycles. The first-order valence-electron chi connectivity index (χ1n) is 10.2. The number of nitrogens with zero attached hydrogens (tertiary/aromatic N) is 3. The zero-order valence-corrected chi connectivity index (χ0v) is 16.9. The Hall–Kier alpha value is -3.75. The maximum absolute atomic E-state index is 12.5. The van der Waals surface area contributed by atoms with E-state index < -0.39 is 29.2 Å². The molecule has 3 amide bonds. The molecule has 0 spiro atoms. The van der Waals surface area contributed by atoms with Crippen molar-refractivity contribution >= 4 is 34.8 Å². The van der Waals surface area contributed by atoms with Crippen molar-refractivity contribution in [3.05, 3.63) is 63.7 Å². The number of non-ortho nitro benzene ring substituents is 1. The van der Waals surface area contributed by atoms with E-state index in [-0.39, 0.29) is 16.8 Å². The summed E-state index contributed by atoms with van der Waals surface area (Å²) in [5, 5.41) is 13.6. The molecule has 31 heavy (non-hydrogen) atoms. The third kappa shape index (κ3) is 4.25. The van der Waals surface area contributed by atoms with E-state index in [0.29, 0.717) is 5.69 Å². The van der Waals surface area contributed by atoms with Crippen LogP contribution in [0.2, 0.25) is 0 Å². The minimum atomic E-state index is -0.713. The fraction of sp³-hybridized carbons (Fsp3) is 0.318. The van der Waals surface area contributed by atoms with Crippen LogP contribution in [0.4, 0.5) is 17.1 Å². The number of carbonyl (C=O) groups is 3. The second-order valence-corrected chi connectivity index (χ2v) is 7.68. The molecule has 0 radical (unpaired) electrons. The Labute approximate surface area is 178 Å². The first kappa shape index (κ1) is 20.5. The summed E-state index contributed by atoms with van der Waals surface area (Å²) in [5.74, 6) is -1.87.